The molecule has 1 aliphatic heterocycles. The fourth-order valence-corrected chi connectivity index (χ4v) is 3.12. The highest BCUT2D eigenvalue weighted by molar-refractivity contribution is 6.21. The van der Waals surface area contributed by atoms with Gasteiger partial charge in [-0.15, -0.1) is 0 Å². The minimum Gasteiger partial charge on any atom is -0.475 e. The Morgan fingerprint density at radius 1 is 1.23 bits per heavy atom. The molecule has 0 aromatic heterocycles. The van der Waals surface area contributed by atoms with Crippen molar-refractivity contribution in [3.8, 4) is 5.75 Å². The van der Waals surface area contributed by atoms with Gasteiger partial charge < -0.3 is 20.3 Å². The molecule has 166 valence electrons. The Hall–Kier alpha value is -2.92. The average molecular weight is 465 g/mol. The van der Waals surface area contributed by atoms with Crippen LogP contribution in [0.25, 0.3) is 0 Å². The molecule has 6 nitrogen and oxygen atoms in total. The van der Waals surface area contributed by atoms with Crippen LogP contribution in [-0.2, 0) is 10.9 Å². The summed E-state index contributed by atoms with van der Waals surface area (Å²) in [5.74, 6) is -4.82. The Kier molecular flexibility index (Phi) is 6.37. The van der Waals surface area contributed by atoms with Gasteiger partial charge in [0, 0.05) is 0 Å². The average Bonchev–Trinajstić information content (AvgIpc) is 3.08. The van der Waals surface area contributed by atoms with Gasteiger partial charge in [-0.25, -0.2) is 13.8 Å². The second-order valence-corrected chi connectivity index (χ2v) is 6.82. The summed E-state index contributed by atoms with van der Waals surface area (Å²) in [5.41, 5.74) is 2.21. The van der Waals surface area contributed by atoms with Gasteiger partial charge in [0.2, 0.25) is 5.90 Å². The van der Waals surface area contributed by atoms with Gasteiger partial charge in [-0.1, -0.05) is 23.7 Å². The fraction of sp³-hybridized carbons (Fsp3) is 0.263. The minimum absolute atomic E-state index is 0.267. The Bertz CT molecular complexity index is 1010. The number of carbonyl (C=O) groups is 1. The number of hydrogen-bond donors (Lipinski definition) is 2. The first-order valence-corrected chi connectivity index (χ1v) is 9.07. The van der Waals surface area contributed by atoms with Crippen LogP contribution in [0.15, 0.2) is 41.4 Å². The standard InChI is InChI=1S/C19H14ClF5N2O4/c20-16-15(8-1-3-9(4-2-8)19(23,24)25)27-18(31-16)12(7-28)30-11-6-5-10(21)13(14(11)22)17(26)29/h1-6,12,15-16,28H,7H2,(H2,26,29). The van der Waals surface area contributed by atoms with E-state index in [0.717, 1.165) is 24.3 Å². The Morgan fingerprint density at radius 2 is 1.87 bits per heavy atom. The summed E-state index contributed by atoms with van der Waals surface area (Å²) in [5, 5.41) is 9.60. The first kappa shape index (κ1) is 22.8. The third-order valence-corrected chi connectivity index (χ3v) is 4.67. The van der Waals surface area contributed by atoms with Crippen molar-refractivity contribution in [1.82, 2.24) is 0 Å². The van der Waals surface area contributed by atoms with Gasteiger partial charge in [0.15, 0.2) is 23.2 Å². The first-order chi connectivity index (χ1) is 14.5. The monoisotopic (exact) mass is 464 g/mol. The highest BCUT2D eigenvalue weighted by Gasteiger charge is 2.37. The van der Waals surface area contributed by atoms with Crippen LogP contribution in [0.4, 0.5) is 22.0 Å². The van der Waals surface area contributed by atoms with Gasteiger partial charge in [-0.3, -0.25) is 4.79 Å². The third-order valence-electron chi connectivity index (χ3n) is 4.34. The lowest BCUT2D eigenvalue weighted by Crippen LogP contribution is -2.32. The zero-order valence-electron chi connectivity index (χ0n) is 15.4. The number of primary amides is 1. The number of benzene rings is 2. The molecule has 31 heavy (non-hydrogen) atoms. The van der Waals surface area contributed by atoms with Crippen molar-refractivity contribution < 1.29 is 41.3 Å². The number of carbonyl (C=O) groups excluding carboxylic acids is 1. The molecule has 0 spiro atoms. The molecule has 2 aromatic carbocycles. The predicted molar refractivity (Wildman–Crippen MR) is 98.7 cm³/mol. The number of ether oxygens (including phenoxy) is 2. The summed E-state index contributed by atoms with van der Waals surface area (Å²) in [6.45, 7) is -0.773. The van der Waals surface area contributed by atoms with Crippen LogP contribution in [0, 0.1) is 11.6 Å². The molecule has 3 rings (SSSR count). The quantitative estimate of drug-likeness (QED) is 0.505. The third kappa shape index (κ3) is 4.72. The maximum atomic E-state index is 14.4. The zero-order chi connectivity index (χ0) is 22.9. The molecule has 3 N–H and O–H groups in total. The summed E-state index contributed by atoms with van der Waals surface area (Å²) in [7, 11) is 0. The van der Waals surface area contributed by atoms with Gasteiger partial charge in [-0.05, 0) is 29.8 Å². The summed E-state index contributed by atoms with van der Waals surface area (Å²) in [6, 6.07) is 4.74. The molecule has 0 bridgehead atoms. The number of amides is 1. The summed E-state index contributed by atoms with van der Waals surface area (Å²) in [4.78, 5) is 15.3. The van der Waals surface area contributed by atoms with E-state index in [9.17, 15) is 31.9 Å². The maximum absolute atomic E-state index is 14.4. The Labute approximate surface area is 177 Å². The van der Waals surface area contributed by atoms with E-state index in [1.807, 2.05) is 0 Å². The molecule has 3 atom stereocenters. The molecule has 1 aliphatic rings. The number of nitrogens with zero attached hydrogens (tertiary/aromatic N) is 1. The molecular weight excluding hydrogens is 451 g/mol. The van der Waals surface area contributed by atoms with Gasteiger partial charge in [-0.2, -0.15) is 13.2 Å². The number of aliphatic hydroxyl groups is 1. The molecule has 0 radical (unpaired) electrons. The zero-order valence-corrected chi connectivity index (χ0v) is 16.1. The number of nitrogens with two attached hydrogens (primary N) is 1. The molecule has 1 amide bonds. The van der Waals surface area contributed by atoms with Crippen molar-refractivity contribution in [1.29, 1.82) is 0 Å². The first-order valence-electron chi connectivity index (χ1n) is 8.63. The summed E-state index contributed by atoms with van der Waals surface area (Å²) in [6.07, 6.45) is -5.92. The van der Waals surface area contributed by atoms with Crippen molar-refractivity contribution in [2.75, 3.05) is 6.61 Å². The van der Waals surface area contributed by atoms with Crippen LogP contribution in [0.5, 0.6) is 5.75 Å². The number of rotatable bonds is 6. The van der Waals surface area contributed by atoms with Crippen molar-refractivity contribution in [2.24, 2.45) is 10.7 Å². The van der Waals surface area contributed by atoms with Crippen LogP contribution in [0.3, 0.4) is 0 Å². The second kappa shape index (κ2) is 8.67. The second-order valence-electron chi connectivity index (χ2n) is 6.39. The number of alkyl halides is 4. The lowest BCUT2D eigenvalue weighted by molar-refractivity contribution is -0.137. The molecule has 0 fully saturated rings. The van der Waals surface area contributed by atoms with E-state index in [0.29, 0.717) is 5.56 Å². The molecule has 1 heterocycles. The molecule has 2 aromatic rings. The topological polar surface area (TPSA) is 94.1 Å². The largest absolute Gasteiger partial charge is 0.475 e. The lowest BCUT2D eigenvalue weighted by atomic mass is 10.1. The molecular formula is C19H14ClF5N2O4. The highest BCUT2D eigenvalue weighted by Crippen LogP contribution is 2.35. The van der Waals surface area contributed by atoms with Crippen LogP contribution >= 0.6 is 11.6 Å². The van der Waals surface area contributed by atoms with Gasteiger partial charge in [0.05, 0.1) is 12.2 Å². The number of aliphatic imine (C=N–C) groups is 1. The maximum Gasteiger partial charge on any atom is 0.416 e. The summed E-state index contributed by atoms with van der Waals surface area (Å²) < 4.78 is 76.7. The van der Waals surface area contributed by atoms with E-state index in [1.165, 1.54) is 12.1 Å². The van der Waals surface area contributed by atoms with Crippen molar-refractivity contribution >= 4 is 23.4 Å². The van der Waals surface area contributed by atoms with Gasteiger partial charge in [0.25, 0.3) is 5.91 Å². The van der Waals surface area contributed by atoms with Crippen molar-refractivity contribution in [2.45, 2.75) is 23.9 Å². The fourth-order valence-electron chi connectivity index (χ4n) is 2.83. The van der Waals surface area contributed by atoms with Gasteiger partial charge >= 0.3 is 6.18 Å². The molecule has 3 unspecified atom stereocenters. The molecule has 0 saturated carbocycles. The normalized spacial score (nSPS) is 19.5. The predicted octanol–water partition coefficient (Wildman–Crippen LogP) is 3.56. The Morgan fingerprint density at radius 3 is 2.42 bits per heavy atom. The van der Waals surface area contributed by atoms with Crippen molar-refractivity contribution in [3.05, 3.63) is 64.7 Å². The molecule has 12 heteroatoms. The van der Waals surface area contributed by atoms with E-state index < -0.39 is 64.9 Å². The highest BCUT2D eigenvalue weighted by atomic mass is 35.5. The van der Waals surface area contributed by atoms with E-state index in [2.05, 4.69) is 4.99 Å². The number of aliphatic hydroxyl groups excluding tert-OH is 1. The molecule has 0 aliphatic carbocycles. The SMILES string of the molecule is NC(=O)c1c(F)ccc(OC(CO)C2=NC(c3ccc(C(F)(F)F)cc3)C(Cl)O2)c1F. The van der Waals surface area contributed by atoms with E-state index in [4.69, 9.17) is 26.8 Å². The van der Waals surface area contributed by atoms with Crippen LogP contribution in [0.1, 0.15) is 27.5 Å². The van der Waals surface area contributed by atoms with Gasteiger partial charge in [0.1, 0.15) is 17.4 Å². The smallest absolute Gasteiger partial charge is 0.416 e. The molecule has 0 saturated heterocycles. The Balaban J connectivity index is 1.85. The van der Waals surface area contributed by atoms with E-state index >= 15 is 0 Å². The van der Waals surface area contributed by atoms with E-state index in [-0.39, 0.29) is 5.90 Å². The van der Waals surface area contributed by atoms with Crippen LogP contribution < -0.4 is 10.5 Å². The number of hydrogen-bond acceptors (Lipinski definition) is 5. The number of halogens is 6. The van der Waals surface area contributed by atoms with E-state index in [1.54, 1.807) is 0 Å². The van der Waals surface area contributed by atoms with Crippen molar-refractivity contribution in [3.63, 3.8) is 0 Å². The summed E-state index contributed by atoms with van der Waals surface area (Å²) >= 11 is 6.08. The minimum atomic E-state index is -4.52. The van der Waals surface area contributed by atoms with Crippen LogP contribution in [0.2, 0.25) is 0 Å². The van der Waals surface area contributed by atoms with Crippen LogP contribution in [-0.4, -0.2) is 35.2 Å². The lowest BCUT2D eigenvalue weighted by Gasteiger charge is -2.18.